The number of phenolic OH excluding ortho intramolecular Hbond substituents is 1. The van der Waals surface area contributed by atoms with Crippen molar-refractivity contribution in [1.29, 1.82) is 0 Å². The maximum atomic E-state index is 14.8. The third-order valence-corrected chi connectivity index (χ3v) is 17.2. The zero-order chi connectivity index (χ0) is 72.7. The molecular formula is C70H96N14O14S. The van der Waals surface area contributed by atoms with Gasteiger partial charge in [0.25, 0.3) is 0 Å². The van der Waals surface area contributed by atoms with Crippen LogP contribution in [0.15, 0.2) is 115 Å². The largest absolute Gasteiger partial charge is 0.508 e. The van der Waals surface area contributed by atoms with Gasteiger partial charge in [-0.25, -0.2) is 0 Å². The lowest BCUT2D eigenvalue weighted by Crippen LogP contribution is -2.61. The maximum Gasteiger partial charge on any atom is 0.243 e. The van der Waals surface area contributed by atoms with Gasteiger partial charge in [0.15, 0.2) is 0 Å². The van der Waals surface area contributed by atoms with Crippen molar-refractivity contribution in [3.8, 4) is 5.75 Å². The lowest BCUT2D eigenvalue weighted by Gasteiger charge is -2.29. The number of hydrogen-bond acceptors (Lipinski definition) is 17. The first-order chi connectivity index (χ1) is 47.1. The van der Waals surface area contributed by atoms with Crippen LogP contribution < -0.4 is 70.8 Å². The SMILES string of the molecule is CC(=O)NCCSC(=O)[C@H](CC(C)C)NC(=O)[C@H](CCCN)NC(=O)[C@@H](NC(=O)[C@H](Cc1ccc(O)cc1)NC(=O)[C@H](CCC(N)=O)NC(=O)[C@H](CC(N)=O)NC(=O)[C@@H](Cc1ccccc1)NC(=O)[C@H](Cc1ccccc1)NC(=O)[C@@H]1CCCN1C(=O)[C@H](N)Cc1ccccc1)C(C)C. The molecule has 0 aromatic heterocycles. The molecule has 99 heavy (non-hydrogen) atoms. The fourth-order valence-corrected chi connectivity index (χ4v) is 11.8. The highest BCUT2D eigenvalue weighted by molar-refractivity contribution is 8.13. The van der Waals surface area contributed by atoms with E-state index in [-0.39, 0.29) is 99.4 Å². The van der Waals surface area contributed by atoms with Gasteiger partial charge in [-0.1, -0.05) is 143 Å². The number of carbonyl (C=O) groups excluding carboxylic acids is 13. The van der Waals surface area contributed by atoms with E-state index in [0.717, 1.165) is 17.3 Å². The molecule has 1 saturated heterocycles. The summed E-state index contributed by atoms with van der Waals surface area (Å²) in [5.74, 6) is -10.6. The summed E-state index contributed by atoms with van der Waals surface area (Å²) < 4.78 is 0. The zero-order valence-electron chi connectivity index (χ0n) is 56.6. The van der Waals surface area contributed by atoms with Crippen molar-refractivity contribution in [2.45, 2.75) is 172 Å². The lowest BCUT2D eigenvalue weighted by atomic mass is 9.99. The van der Waals surface area contributed by atoms with Crippen molar-refractivity contribution in [3.05, 3.63) is 138 Å². The molecule has 4 aromatic carbocycles. The van der Waals surface area contributed by atoms with Gasteiger partial charge in [-0.2, -0.15) is 0 Å². The summed E-state index contributed by atoms with van der Waals surface area (Å²) >= 11 is 0.930. The molecule has 1 aliphatic rings. The van der Waals surface area contributed by atoms with Crippen LogP contribution in [0, 0.1) is 11.8 Å². The number of likely N-dealkylation sites (tertiary alicyclic amines) is 1. The van der Waals surface area contributed by atoms with Crippen LogP contribution in [0.5, 0.6) is 5.75 Å². The van der Waals surface area contributed by atoms with Gasteiger partial charge in [0.05, 0.1) is 18.5 Å². The molecule has 1 aliphatic heterocycles. The predicted molar refractivity (Wildman–Crippen MR) is 371 cm³/mol. The average Bonchev–Trinajstić information content (AvgIpc) is 1.78. The van der Waals surface area contributed by atoms with E-state index in [2.05, 4.69) is 47.9 Å². The minimum Gasteiger partial charge on any atom is -0.508 e. The molecule has 1 fully saturated rings. The summed E-state index contributed by atoms with van der Waals surface area (Å²) in [7, 11) is 0. The first-order valence-corrected chi connectivity index (χ1v) is 34.2. The van der Waals surface area contributed by atoms with Gasteiger partial charge in [0.1, 0.15) is 54.1 Å². The number of amides is 12. The van der Waals surface area contributed by atoms with Crippen LogP contribution in [0.2, 0.25) is 0 Å². The van der Waals surface area contributed by atoms with Crippen molar-refractivity contribution >= 4 is 87.8 Å². The van der Waals surface area contributed by atoms with Gasteiger partial charge >= 0.3 is 0 Å². The second kappa shape index (κ2) is 40.9. The number of rotatable bonds is 40. The van der Waals surface area contributed by atoms with E-state index in [1.54, 1.807) is 74.5 Å². The average molecular weight is 1390 g/mol. The molecule has 28 nitrogen and oxygen atoms in total. The van der Waals surface area contributed by atoms with Crippen LogP contribution in [0.3, 0.4) is 0 Å². The third-order valence-electron chi connectivity index (χ3n) is 16.3. The smallest absolute Gasteiger partial charge is 0.243 e. The van der Waals surface area contributed by atoms with Crippen LogP contribution in [0.4, 0.5) is 0 Å². The van der Waals surface area contributed by atoms with Crippen LogP contribution in [-0.4, -0.2) is 172 Å². The van der Waals surface area contributed by atoms with Gasteiger partial charge < -0.3 is 80.8 Å². The molecule has 5 rings (SSSR count). The highest BCUT2D eigenvalue weighted by Crippen LogP contribution is 2.21. The van der Waals surface area contributed by atoms with Crippen LogP contribution in [-0.2, 0) is 88.0 Å². The van der Waals surface area contributed by atoms with E-state index in [1.165, 1.54) is 36.1 Å². The molecule has 12 amide bonds. The van der Waals surface area contributed by atoms with E-state index in [9.17, 15) is 67.4 Å². The number of nitrogens with zero attached hydrogens (tertiary/aromatic N) is 1. The number of carbonyl (C=O) groups is 13. The Hall–Kier alpha value is -9.74. The highest BCUT2D eigenvalue weighted by Gasteiger charge is 2.40. The molecule has 4 aromatic rings. The maximum absolute atomic E-state index is 14.8. The number of thioether (sulfide) groups is 1. The molecule has 536 valence electrons. The van der Waals surface area contributed by atoms with E-state index in [1.807, 2.05) is 44.2 Å². The van der Waals surface area contributed by atoms with Crippen molar-refractivity contribution in [2.75, 3.05) is 25.4 Å². The quantitative estimate of drug-likeness (QED) is 0.0257. The molecule has 10 atom stereocenters. The van der Waals surface area contributed by atoms with Crippen LogP contribution in [0.25, 0.3) is 0 Å². The molecule has 0 aliphatic carbocycles. The molecule has 0 saturated carbocycles. The summed E-state index contributed by atoms with van der Waals surface area (Å²) in [6.07, 6.45) is -0.967. The second-order valence-corrected chi connectivity index (χ2v) is 26.4. The van der Waals surface area contributed by atoms with Gasteiger partial charge in [-0.05, 0) is 97.7 Å². The first kappa shape index (κ1) is 79.9. The number of benzene rings is 4. The Labute approximate surface area is 580 Å². The normalized spacial score (nSPS) is 15.4. The molecule has 18 N–H and O–H groups in total. The van der Waals surface area contributed by atoms with Crippen LogP contribution in [0.1, 0.15) is 108 Å². The van der Waals surface area contributed by atoms with Crippen molar-refractivity contribution in [3.63, 3.8) is 0 Å². The molecular weight excluding hydrogens is 1290 g/mol. The monoisotopic (exact) mass is 1390 g/mol. The molecule has 29 heteroatoms. The number of nitrogens with one attached hydrogen (secondary N) is 9. The summed E-state index contributed by atoms with van der Waals surface area (Å²) in [4.78, 5) is 181. The number of nitrogens with two attached hydrogens (primary N) is 4. The standard InChI is InChI=1S/C70H96N14O14S/c1-41(2)35-56(70(98)99-34-32-75-43(5)85)82-61(89)50(23-15-31-71)77-68(96)60(42(3)4)83-66(94)54(39-47-25-27-48(86)28-26-47)78-62(90)51(29-30-58(73)87)76-65(93)55(40-59(74)88)80-63(91)52(37-45-19-11-7-12-20-45)79-64(92)53(38-46-21-13-8-14-22-46)81-67(95)57-24-16-33-84(57)69(97)49(72)36-44-17-9-6-10-18-44/h6-14,17-22,25-28,41-42,49-57,60,86H,15-16,23-24,29-40,71-72H2,1-5H3,(H2,73,87)(H2,74,88)(H,75,85)(H,76,93)(H,77,96)(H,78,90)(H,79,92)(H,80,91)(H,81,95)(H,82,89)(H,83,94)/t49-,50+,51+,52-,53+,54+,55+,56+,57+,60+/m1/s1. The van der Waals surface area contributed by atoms with Crippen LogP contribution >= 0.6 is 11.8 Å². The second-order valence-electron chi connectivity index (χ2n) is 25.3. The first-order valence-electron chi connectivity index (χ1n) is 33.2. The number of hydrogen-bond donors (Lipinski definition) is 14. The zero-order valence-corrected chi connectivity index (χ0v) is 57.4. The van der Waals surface area contributed by atoms with E-state index in [0.29, 0.717) is 23.1 Å². The summed E-state index contributed by atoms with van der Waals surface area (Å²) in [6, 6.07) is 18.2. The Morgan fingerprint density at radius 1 is 0.535 bits per heavy atom. The third kappa shape index (κ3) is 27.6. The van der Waals surface area contributed by atoms with Gasteiger partial charge in [0.2, 0.25) is 76.0 Å². The molecule has 0 unspecified atom stereocenters. The topological polar surface area (TPSA) is 458 Å². The lowest BCUT2D eigenvalue weighted by molar-refractivity contribution is -0.140. The summed E-state index contributed by atoms with van der Waals surface area (Å²) in [5.41, 5.74) is 25.8. The molecule has 0 bridgehead atoms. The summed E-state index contributed by atoms with van der Waals surface area (Å²) in [5, 5.41) is 33.6. The Kier molecular flexibility index (Phi) is 33.0. The number of primary amides is 2. The van der Waals surface area contributed by atoms with Crippen molar-refractivity contribution in [1.82, 2.24) is 52.8 Å². The predicted octanol–water partition coefficient (Wildman–Crippen LogP) is -0.163. The van der Waals surface area contributed by atoms with Gasteiger partial charge in [0, 0.05) is 51.4 Å². The van der Waals surface area contributed by atoms with Crippen molar-refractivity contribution < 1.29 is 67.4 Å². The minimum atomic E-state index is -1.87. The van der Waals surface area contributed by atoms with Gasteiger partial charge in [-0.3, -0.25) is 62.3 Å². The Morgan fingerprint density at radius 2 is 0.980 bits per heavy atom. The number of phenols is 1. The fourth-order valence-electron chi connectivity index (χ4n) is 11.1. The summed E-state index contributed by atoms with van der Waals surface area (Å²) in [6.45, 7) is 8.88. The van der Waals surface area contributed by atoms with E-state index >= 15 is 0 Å². The van der Waals surface area contributed by atoms with E-state index in [4.69, 9.17) is 22.9 Å². The van der Waals surface area contributed by atoms with Gasteiger partial charge in [-0.15, -0.1) is 0 Å². The Balaban J connectivity index is 1.39. The fraction of sp³-hybridized carbons (Fsp3) is 0.471. The Bertz CT molecular complexity index is 3390. The highest BCUT2D eigenvalue weighted by atomic mass is 32.2. The molecule has 1 heterocycles. The Morgan fingerprint density at radius 3 is 1.47 bits per heavy atom. The minimum absolute atomic E-state index is 0.0348. The molecule has 0 radical (unpaired) electrons. The van der Waals surface area contributed by atoms with E-state index < -0.39 is 151 Å². The molecule has 0 spiro atoms. The number of aromatic hydroxyl groups is 1. The van der Waals surface area contributed by atoms with Crippen molar-refractivity contribution in [2.24, 2.45) is 34.8 Å².